The van der Waals surface area contributed by atoms with Gasteiger partial charge in [0.15, 0.2) is 5.75 Å². The third-order valence-corrected chi connectivity index (χ3v) is 6.35. The predicted molar refractivity (Wildman–Crippen MR) is 141 cm³/mol. The van der Waals surface area contributed by atoms with Crippen LogP contribution in [-0.2, 0) is 6.61 Å². The first-order valence-electron chi connectivity index (χ1n) is 10.4. The molecule has 1 aromatic heterocycles. The van der Waals surface area contributed by atoms with Gasteiger partial charge in [-0.15, -0.1) is 0 Å². The van der Waals surface area contributed by atoms with Crippen molar-refractivity contribution in [2.75, 3.05) is 0 Å². The van der Waals surface area contributed by atoms with Crippen molar-refractivity contribution in [3.8, 4) is 5.75 Å². The minimum atomic E-state index is -0.305. The Labute approximate surface area is 217 Å². The minimum Gasteiger partial charge on any atom is -0.486 e. The first-order valence-corrected chi connectivity index (χ1v) is 12.3. The molecule has 0 N–H and O–H groups in total. The number of hydrogen-bond acceptors (Lipinski definition) is 4. The van der Waals surface area contributed by atoms with E-state index in [0.29, 0.717) is 37.5 Å². The van der Waals surface area contributed by atoms with Gasteiger partial charge in [0.25, 0.3) is 5.56 Å². The van der Waals surface area contributed by atoms with E-state index in [4.69, 9.17) is 16.3 Å². The van der Waals surface area contributed by atoms with Gasteiger partial charge in [-0.2, -0.15) is 9.78 Å². The number of benzene rings is 3. The topological polar surface area (TPSA) is 56.5 Å². The highest BCUT2D eigenvalue weighted by molar-refractivity contribution is 9.10. The van der Waals surface area contributed by atoms with Crippen LogP contribution in [0, 0.1) is 5.82 Å². The quantitative estimate of drug-likeness (QED) is 0.216. The number of ether oxygens (including phenoxy) is 1. The summed E-state index contributed by atoms with van der Waals surface area (Å²) in [6.45, 7) is 4.15. The van der Waals surface area contributed by atoms with Crippen LogP contribution in [0.15, 0.2) is 73.4 Å². The van der Waals surface area contributed by atoms with E-state index in [-0.39, 0.29) is 23.9 Å². The summed E-state index contributed by atoms with van der Waals surface area (Å²) in [5, 5.41) is 5.28. The van der Waals surface area contributed by atoms with Gasteiger partial charge in [-0.05, 0) is 69.5 Å². The molecule has 0 spiro atoms. The van der Waals surface area contributed by atoms with E-state index < -0.39 is 0 Å². The summed E-state index contributed by atoms with van der Waals surface area (Å²) in [5.41, 5.74) is 1.85. The largest absolute Gasteiger partial charge is 0.486 e. The fourth-order valence-corrected chi connectivity index (χ4v) is 4.65. The van der Waals surface area contributed by atoms with Crippen molar-refractivity contribution in [3.05, 3.63) is 102 Å². The molecule has 4 rings (SSSR count). The van der Waals surface area contributed by atoms with Crippen LogP contribution >= 0.6 is 43.5 Å². The second-order valence-electron chi connectivity index (χ2n) is 7.88. The smallest absolute Gasteiger partial charge is 0.282 e. The molecule has 5 nitrogen and oxygen atoms in total. The summed E-state index contributed by atoms with van der Waals surface area (Å²) in [7, 11) is 0. The van der Waals surface area contributed by atoms with Gasteiger partial charge in [-0.25, -0.2) is 9.37 Å². The highest BCUT2D eigenvalue weighted by Crippen LogP contribution is 2.34. The molecule has 0 aliphatic carbocycles. The first kappa shape index (κ1) is 24.6. The average molecular weight is 608 g/mol. The first-order chi connectivity index (χ1) is 16.2. The molecule has 0 amide bonds. The predicted octanol–water partition coefficient (Wildman–Crippen LogP) is 7.30. The van der Waals surface area contributed by atoms with Crippen molar-refractivity contribution < 1.29 is 9.13 Å². The van der Waals surface area contributed by atoms with Crippen LogP contribution in [-0.4, -0.2) is 15.9 Å². The Balaban J connectivity index is 1.65. The maximum atomic E-state index is 13.2. The third kappa shape index (κ3) is 5.40. The van der Waals surface area contributed by atoms with E-state index in [0.717, 1.165) is 10.0 Å². The molecule has 0 radical (unpaired) electrons. The molecule has 0 saturated heterocycles. The Morgan fingerprint density at radius 2 is 1.88 bits per heavy atom. The molecule has 3 aromatic carbocycles. The summed E-state index contributed by atoms with van der Waals surface area (Å²) >= 11 is 13.3. The summed E-state index contributed by atoms with van der Waals surface area (Å²) in [5.74, 6) is 0.692. The summed E-state index contributed by atoms with van der Waals surface area (Å²) in [6, 6.07) is 14.9. The fourth-order valence-electron chi connectivity index (χ4n) is 3.30. The molecule has 0 aliphatic heterocycles. The van der Waals surface area contributed by atoms with Crippen LogP contribution in [0.3, 0.4) is 0 Å². The molecular formula is C25H19Br2ClFN3O2. The van der Waals surface area contributed by atoms with E-state index in [1.807, 2.05) is 26.0 Å². The second-order valence-corrected chi connectivity index (χ2v) is 10.1. The average Bonchev–Trinajstić information content (AvgIpc) is 2.79. The Hall–Kier alpha value is -2.55. The molecular weight excluding hydrogens is 589 g/mol. The van der Waals surface area contributed by atoms with Crippen LogP contribution in [0.4, 0.5) is 4.39 Å². The number of fused-ring (bicyclic) bond motifs is 1. The maximum absolute atomic E-state index is 13.2. The maximum Gasteiger partial charge on any atom is 0.282 e. The zero-order valence-corrected chi connectivity index (χ0v) is 22.2. The lowest BCUT2D eigenvalue weighted by Crippen LogP contribution is -2.23. The molecule has 0 atom stereocenters. The molecule has 0 unspecified atom stereocenters. The molecule has 0 bridgehead atoms. The van der Waals surface area contributed by atoms with Crippen molar-refractivity contribution in [3.63, 3.8) is 0 Å². The molecule has 4 aromatic rings. The van der Waals surface area contributed by atoms with Crippen molar-refractivity contribution in [2.24, 2.45) is 5.10 Å². The fraction of sp³-hybridized carbons (Fsp3) is 0.160. The lowest BCUT2D eigenvalue weighted by Gasteiger charge is -2.13. The number of rotatable bonds is 6. The third-order valence-electron chi connectivity index (χ3n) is 4.99. The molecule has 0 aliphatic rings. The van der Waals surface area contributed by atoms with Gasteiger partial charge < -0.3 is 4.74 Å². The normalized spacial score (nSPS) is 11.6. The Morgan fingerprint density at radius 1 is 1.15 bits per heavy atom. The van der Waals surface area contributed by atoms with Gasteiger partial charge in [0, 0.05) is 10.4 Å². The Bertz CT molecular complexity index is 1430. The van der Waals surface area contributed by atoms with E-state index in [1.165, 1.54) is 16.8 Å². The Morgan fingerprint density at radius 3 is 2.56 bits per heavy atom. The number of hydrogen-bond donors (Lipinski definition) is 0. The van der Waals surface area contributed by atoms with E-state index >= 15 is 0 Å². The van der Waals surface area contributed by atoms with Crippen LogP contribution in [0.25, 0.3) is 10.9 Å². The molecule has 174 valence electrons. The van der Waals surface area contributed by atoms with E-state index in [1.54, 1.807) is 36.5 Å². The van der Waals surface area contributed by atoms with Gasteiger partial charge in [0.1, 0.15) is 18.2 Å². The second kappa shape index (κ2) is 10.4. The van der Waals surface area contributed by atoms with Crippen molar-refractivity contribution in [2.45, 2.75) is 26.4 Å². The molecule has 0 saturated carbocycles. The number of aromatic nitrogens is 2. The van der Waals surface area contributed by atoms with Crippen molar-refractivity contribution in [1.29, 1.82) is 0 Å². The van der Waals surface area contributed by atoms with Gasteiger partial charge in [-0.1, -0.05) is 53.5 Å². The van der Waals surface area contributed by atoms with E-state index in [9.17, 15) is 9.18 Å². The zero-order valence-electron chi connectivity index (χ0n) is 18.2. The SMILES string of the molecule is CC(C)c1nc2ccc(Br)cc2c(=O)n1N=Cc1cc(Cl)c(OCc2ccc(F)cc2)c(Br)c1. The molecule has 9 heteroatoms. The van der Waals surface area contributed by atoms with Crippen LogP contribution in [0.5, 0.6) is 5.75 Å². The monoisotopic (exact) mass is 605 g/mol. The lowest BCUT2D eigenvalue weighted by atomic mass is 10.2. The zero-order chi connectivity index (χ0) is 24.4. The molecule has 1 heterocycles. The van der Waals surface area contributed by atoms with Gasteiger partial charge in [0.2, 0.25) is 0 Å². The van der Waals surface area contributed by atoms with Crippen LogP contribution in [0.1, 0.15) is 36.7 Å². The van der Waals surface area contributed by atoms with Gasteiger partial charge in [0.05, 0.1) is 26.6 Å². The summed E-state index contributed by atoms with van der Waals surface area (Å²) in [4.78, 5) is 17.8. The summed E-state index contributed by atoms with van der Waals surface area (Å²) < 4.78 is 21.7. The highest BCUT2D eigenvalue weighted by atomic mass is 79.9. The molecule has 0 fully saturated rings. The highest BCUT2D eigenvalue weighted by Gasteiger charge is 2.14. The number of nitrogens with zero attached hydrogens (tertiary/aromatic N) is 3. The van der Waals surface area contributed by atoms with Crippen molar-refractivity contribution >= 4 is 60.6 Å². The van der Waals surface area contributed by atoms with Crippen LogP contribution < -0.4 is 10.3 Å². The Kier molecular flexibility index (Phi) is 7.50. The minimum absolute atomic E-state index is 0.0181. The molecule has 34 heavy (non-hydrogen) atoms. The van der Waals surface area contributed by atoms with Gasteiger partial charge >= 0.3 is 0 Å². The van der Waals surface area contributed by atoms with Gasteiger partial charge in [-0.3, -0.25) is 4.79 Å². The summed E-state index contributed by atoms with van der Waals surface area (Å²) in [6.07, 6.45) is 1.55. The standard InChI is InChI=1S/C25H19Br2ClFN3O2/c1-14(2)24-31-22-8-5-17(26)11-19(22)25(33)32(24)30-12-16-9-20(27)23(21(28)10-16)34-13-15-3-6-18(29)7-4-15/h3-12,14H,13H2,1-2H3. The van der Waals surface area contributed by atoms with Crippen molar-refractivity contribution in [1.82, 2.24) is 9.66 Å². The van der Waals surface area contributed by atoms with Crippen LogP contribution in [0.2, 0.25) is 5.02 Å². The number of halogens is 4. The van der Waals surface area contributed by atoms with E-state index in [2.05, 4.69) is 41.9 Å². The lowest BCUT2D eigenvalue weighted by molar-refractivity contribution is 0.304.